The van der Waals surface area contributed by atoms with E-state index < -0.39 is 0 Å². The second-order valence-electron chi connectivity index (χ2n) is 6.53. The van der Waals surface area contributed by atoms with Gasteiger partial charge in [0.25, 0.3) is 0 Å². The molecular weight excluding hydrogens is 246 g/mol. The number of aryl methyl sites for hydroxylation is 2. The van der Waals surface area contributed by atoms with E-state index in [1.54, 1.807) is 0 Å². The number of Topliss-reactive ketones (excluding diaryl/α,β-unsaturated/α-hetero) is 1. The van der Waals surface area contributed by atoms with Crippen LogP contribution in [0.5, 0.6) is 0 Å². The van der Waals surface area contributed by atoms with Gasteiger partial charge >= 0.3 is 0 Å². The van der Waals surface area contributed by atoms with E-state index in [0.717, 1.165) is 12.1 Å². The fraction of sp³-hybridized carbons (Fsp3) is 0.611. The van der Waals surface area contributed by atoms with Gasteiger partial charge in [0.15, 0.2) is 5.78 Å². The summed E-state index contributed by atoms with van der Waals surface area (Å²) in [5.74, 6) is 0.883. The first-order valence-electron chi connectivity index (χ1n) is 7.79. The minimum atomic E-state index is -0.00740. The maximum atomic E-state index is 12.7. The molecule has 2 heteroatoms. The molecule has 0 aliphatic carbocycles. The molecule has 0 radical (unpaired) electrons. The summed E-state index contributed by atoms with van der Waals surface area (Å²) in [4.78, 5) is 15.1. The molecule has 1 aliphatic heterocycles. The quantitative estimate of drug-likeness (QED) is 0.773. The molecule has 2 atom stereocenters. The Balaban J connectivity index is 2.17. The molecule has 1 aliphatic rings. The van der Waals surface area contributed by atoms with Gasteiger partial charge in [-0.3, -0.25) is 9.69 Å². The first-order valence-corrected chi connectivity index (χ1v) is 7.79. The van der Waals surface area contributed by atoms with Gasteiger partial charge in [0, 0.05) is 11.6 Å². The summed E-state index contributed by atoms with van der Waals surface area (Å²) in [5.41, 5.74) is 3.30. The van der Waals surface area contributed by atoms with Crippen molar-refractivity contribution in [3.05, 3.63) is 34.9 Å². The minimum Gasteiger partial charge on any atom is -0.292 e. The Bertz CT molecular complexity index is 492. The molecule has 0 spiro atoms. The van der Waals surface area contributed by atoms with Gasteiger partial charge in [-0.2, -0.15) is 0 Å². The first kappa shape index (κ1) is 15.2. The van der Waals surface area contributed by atoms with Gasteiger partial charge in [0.05, 0.1) is 6.04 Å². The molecule has 0 saturated carbocycles. The highest BCUT2D eigenvalue weighted by Gasteiger charge is 2.33. The van der Waals surface area contributed by atoms with Crippen molar-refractivity contribution in [1.29, 1.82) is 0 Å². The van der Waals surface area contributed by atoms with Gasteiger partial charge in [-0.25, -0.2) is 0 Å². The molecule has 0 aromatic heterocycles. The van der Waals surface area contributed by atoms with Crippen molar-refractivity contribution < 1.29 is 4.79 Å². The van der Waals surface area contributed by atoms with Crippen LogP contribution in [-0.4, -0.2) is 29.3 Å². The van der Waals surface area contributed by atoms with Crippen LogP contribution in [0.15, 0.2) is 18.2 Å². The Morgan fingerprint density at radius 1 is 1.20 bits per heavy atom. The summed E-state index contributed by atoms with van der Waals surface area (Å²) in [7, 11) is 0. The molecule has 0 amide bonds. The molecule has 110 valence electrons. The number of rotatable bonds is 4. The highest BCUT2D eigenvalue weighted by Crippen LogP contribution is 2.27. The molecule has 2 rings (SSSR count). The second kappa shape index (κ2) is 6.09. The van der Waals surface area contributed by atoms with Gasteiger partial charge in [-0.1, -0.05) is 26.0 Å². The largest absolute Gasteiger partial charge is 0.292 e. The molecule has 2 unspecified atom stereocenters. The van der Waals surface area contributed by atoms with Gasteiger partial charge in [-0.15, -0.1) is 0 Å². The molecule has 20 heavy (non-hydrogen) atoms. The number of carbonyl (C=O) groups is 1. The lowest BCUT2D eigenvalue weighted by Crippen LogP contribution is -2.44. The van der Waals surface area contributed by atoms with Crippen LogP contribution in [-0.2, 0) is 0 Å². The zero-order valence-electron chi connectivity index (χ0n) is 13.4. The topological polar surface area (TPSA) is 20.3 Å². The third-order valence-corrected chi connectivity index (χ3v) is 4.78. The van der Waals surface area contributed by atoms with Gasteiger partial charge in [0.2, 0.25) is 0 Å². The van der Waals surface area contributed by atoms with E-state index in [1.165, 1.54) is 24.0 Å². The molecule has 1 aromatic rings. The van der Waals surface area contributed by atoms with Crippen molar-refractivity contribution >= 4 is 5.78 Å². The predicted molar refractivity (Wildman–Crippen MR) is 84.3 cm³/mol. The zero-order valence-corrected chi connectivity index (χ0v) is 13.4. The van der Waals surface area contributed by atoms with E-state index in [1.807, 2.05) is 12.1 Å². The van der Waals surface area contributed by atoms with Crippen LogP contribution in [0.2, 0.25) is 0 Å². The van der Waals surface area contributed by atoms with E-state index in [-0.39, 0.29) is 11.8 Å². The molecule has 1 saturated heterocycles. The molecule has 2 nitrogen and oxygen atoms in total. The monoisotopic (exact) mass is 273 g/mol. The molecule has 0 N–H and O–H groups in total. The molecule has 0 bridgehead atoms. The van der Waals surface area contributed by atoms with E-state index in [0.29, 0.717) is 12.0 Å². The van der Waals surface area contributed by atoms with E-state index in [4.69, 9.17) is 0 Å². The lowest BCUT2D eigenvalue weighted by atomic mass is 9.97. The second-order valence-corrected chi connectivity index (χ2v) is 6.53. The molecular formula is C18H27NO. The summed E-state index contributed by atoms with van der Waals surface area (Å²) >= 11 is 0. The highest BCUT2D eigenvalue weighted by atomic mass is 16.1. The van der Waals surface area contributed by atoms with Crippen molar-refractivity contribution in [2.75, 3.05) is 6.54 Å². The van der Waals surface area contributed by atoms with Crippen LogP contribution in [0.1, 0.15) is 55.1 Å². The summed E-state index contributed by atoms with van der Waals surface area (Å²) < 4.78 is 0. The van der Waals surface area contributed by atoms with Crippen LogP contribution in [0.3, 0.4) is 0 Å². The Hall–Kier alpha value is -1.15. The first-order chi connectivity index (χ1) is 9.41. The van der Waals surface area contributed by atoms with Gasteiger partial charge in [0.1, 0.15) is 0 Å². The number of likely N-dealkylation sites (tertiary alicyclic amines) is 1. The number of nitrogens with zero attached hydrogens (tertiary/aromatic N) is 1. The Labute approximate surface area is 123 Å². The molecule has 1 aromatic carbocycles. The number of hydrogen-bond donors (Lipinski definition) is 0. The maximum absolute atomic E-state index is 12.7. The summed E-state index contributed by atoms with van der Waals surface area (Å²) in [6.45, 7) is 11.8. The lowest BCUT2D eigenvalue weighted by Gasteiger charge is -2.32. The van der Waals surface area contributed by atoms with Crippen molar-refractivity contribution in [3.63, 3.8) is 0 Å². The summed E-state index contributed by atoms with van der Waals surface area (Å²) in [6, 6.07) is 6.61. The normalized spacial score (nSPS) is 21.4. The third-order valence-electron chi connectivity index (χ3n) is 4.78. The van der Waals surface area contributed by atoms with Crippen molar-refractivity contribution in [2.45, 2.75) is 59.5 Å². The van der Waals surface area contributed by atoms with Crippen molar-refractivity contribution in [1.82, 2.24) is 4.90 Å². The average molecular weight is 273 g/mol. The fourth-order valence-corrected chi connectivity index (χ4v) is 3.30. The van der Waals surface area contributed by atoms with E-state index in [2.05, 4.69) is 45.6 Å². The van der Waals surface area contributed by atoms with E-state index in [9.17, 15) is 4.79 Å². The standard InChI is InChI=1S/C18H27NO/c1-12(2)17-7-6-10-19(17)15(5)18(20)16-9-8-13(3)14(4)11-16/h8-9,11-12,15,17H,6-7,10H2,1-5H3. The van der Waals surface area contributed by atoms with Crippen molar-refractivity contribution in [2.24, 2.45) is 5.92 Å². The third kappa shape index (κ3) is 2.95. The summed E-state index contributed by atoms with van der Waals surface area (Å²) in [5, 5.41) is 0. The number of carbonyl (C=O) groups excluding carboxylic acids is 1. The van der Waals surface area contributed by atoms with Gasteiger partial charge in [-0.05, 0) is 63.3 Å². The Morgan fingerprint density at radius 3 is 2.50 bits per heavy atom. The Morgan fingerprint density at radius 2 is 1.90 bits per heavy atom. The van der Waals surface area contributed by atoms with Gasteiger partial charge < -0.3 is 0 Å². The smallest absolute Gasteiger partial charge is 0.179 e. The zero-order chi connectivity index (χ0) is 14.9. The van der Waals surface area contributed by atoms with Crippen LogP contribution in [0.4, 0.5) is 0 Å². The van der Waals surface area contributed by atoms with E-state index >= 15 is 0 Å². The highest BCUT2D eigenvalue weighted by molar-refractivity contribution is 6.00. The van der Waals surface area contributed by atoms with Crippen LogP contribution >= 0.6 is 0 Å². The lowest BCUT2D eigenvalue weighted by molar-refractivity contribution is 0.0785. The fourth-order valence-electron chi connectivity index (χ4n) is 3.30. The Kier molecular flexibility index (Phi) is 4.64. The van der Waals surface area contributed by atoms with Crippen LogP contribution in [0.25, 0.3) is 0 Å². The molecule has 1 heterocycles. The van der Waals surface area contributed by atoms with Crippen LogP contribution < -0.4 is 0 Å². The SMILES string of the molecule is Cc1ccc(C(=O)C(C)N2CCCC2C(C)C)cc1C. The number of hydrogen-bond acceptors (Lipinski definition) is 2. The van der Waals surface area contributed by atoms with Crippen molar-refractivity contribution in [3.8, 4) is 0 Å². The average Bonchev–Trinajstić information content (AvgIpc) is 2.89. The number of benzene rings is 1. The maximum Gasteiger partial charge on any atom is 0.179 e. The molecule has 1 fully saturated rings. The van der Waals surface area contributed by atoms with Crippen LogP contribution in [0, 0.1) is 19.8 Å². The minimum absolute atomic E-state index is 0.00740. The number of ketones is 1. The summed E-state index contributed by atoms with van der Waals surface area (Å²) in [6.07, 6.45) is 2.44. The predicted octanol–water partition coefficient (Wildman–Crippen LogP) is 4.00.